The third kappa shape index (κ3) is 4.68. The van der Waals surface area contributed by atoms with Crippen molar-refractivity contribution in [2.75, 3.05) is 27.2 Å². The summed E-state index contributed by atoms with van der Waals surface area (Å²) in [4.78, 5) is 26.0. The first kappa shape index (κ1) is 22.8. The molecule has 4 rings (SSSR count). The minimum Gasteiger partial charge on any atom is -0.331 e. The molecule has 1 atom stereocenters. The number of hydrogen-bond acceptors (Lipinski definition) is 4. The summed E-state index contributed by atoms with van der Waals surface area (Å²) in [6.07, 6.45) is 3.65. The predicted molar refractivity (Wildman–Crippen MR) is 130 cm³/mol. The largest absolute Gasteiger partial charge is 0.331 e. The Kier molecular flexibility index (Phi) is 6.84. The van der Waals surface area contributed by atoms with Crippen molar-refractivity contribution in [3.05, 3.63) is 58.2 Å². The van der Waals surface area contributed by atoms with Gasteiger partial charge in [0.25, 0.3) is 0 Å². The van der Waals surface area contributed by atoms with E-state index in [2.05, 4.69) is 27.2 Å². The Morgan fingerprint density at radius 3 is 2.53 bits per heavy atom. The topological polar surface area (TPSA) is 61.4 Å². The van der Waals surface area contributed by atoms with Gasteiger partial charge < -0.3 is 15.1 Å². The van der Waals surface area contributed by atoms with Crippen LogP contribution in [-0.4, -0.2) is 59.0 Å². The van der Waals surface area contributed by atoms with Gasteiger partial charge in [0.1, 0.15) is 0 Å². The van der Waals surface area contributed by atoms with Crippen LogP contribution in [0.5, 0.6) is 0 Å². The SMILES string of the molecule is CC(NC(=O)N(C)C1CCN(C)CC1)c1ccc(-c2cnc3ccccc3n2)c(Cl)c1Cl. The zero-order chi connectivity index (χ0) is 22.8. The number of amides is 2. The fourth-order valence-corrected chi connectivity index (χ4v) is 4.69. The molecule has 3 aromatic rings. The van der Waals surface area contributed by atoms with E-state index in [1.165, 1.54) is 0 Å². The Labute approximate surface area is 198 Å². The monoisotopic (exact) mass is 471 g/mol. The number of nitrogens with zero attached hydrogens (tertiary/aromatic N) is 4. The van der Waals surface area contributed by atoms with E-state index in [1.807, 2.05) is 50.4 Å². The van der Waals surface area contributed by atoms with Gasteiger partial charge in [-0.05, 0) is 57.6 Å². The Morgan fingerprint density at radius 1 is 1.12 bits per heavy atom. The number of hydrogen-bond donors (Lipinski definition) is 1. The summed E-state index contributed by atoms with van der Waals surface area (Å²) in [6, 6.07) is 11.3. The molecule has 0 radical (unpaired) electrons. The van der Waals surface area contributed by atoms with E-state index in [9.17, 15) is 4.79 Å². The molecule has 8 heteroatoms. The van der Waals surface area contributed by atoms with Crippen LogP contribution in [0.1, 0.15) is 31.4 Å². The number of aromatic nitrogens is 2. The number of rotatable bonds is 4. The molecule has 1 unspecified atom stereocenters. The van der Waals surface area contributed by atoms with Gasteiger partial charge in [0.2, 0.25) is 0 Å². The van der Waals surface area contributed by atoms with Gasteiger partial charge in [-0.15, -0.1) is 0 Å². The van der Waals surface area contributed by atoms with Crippen LogP contribution in [0, 0.1) is 0 Å². The summed E-state index contributed by atoms with van der Waals surface area (Å²) in [5.41, 5.74) is 3.74. The summed E-state index contributed by atoms with van der Waals surface area (Å²) in [7, 11) is 3.96. The van der Waals surface area contributed by atoms with E-state index in [-0.39, 0.29) is 18.1 Å². The van der Waals surface area contributed by atoms with Crippen LogP contribution in [0.25, 0.3) is 22.3 Å². The minimum atomic E-state index is -0.294. The molecule has 0 saturated carbocycles. The number of halogens is 2. The van der Waals surface area contributed by atoms with Gasteiger partial charge in [-0.1, -0.05) is 47.5 Å². The lowest BCUT2D eigenvalue weighted by atomic mass is 10.0. The fraction of sp³-hybridized carbons (Fsp3) is 0.375. The van der Waals surface area contributed by atoms with Gasteiger partial charge >= 0.3 is 6.03 Å². The number of carbonyl (C=O) groups excluding carboxylic acids is 1. The van der Waals surface area contributed by atoms with Crippen molar-refractivity contribution in [1.82, 2.24) is 25.1 Å². The molecule has 2 amide bonds. The molecule has 1 saturated heterocycles. The first-order valence-corrected chi connectivity index (χ1v) is 11.5. The van der Waals surface area contributed by atoms with Gasteiger partial charge in [0, 0.05) is 18.7 Å². The molecule has 1 N–H and O–H groups in total. The highest BCUT2D eigenvalue weighted by Gasteiger charge is 2.26. The maximum absolute atomic E-state index is 12.8. The molecule has 32 heavy (non-hydrogen) atoms. The number of nitrogens with one attached hydrogen (secondary N) is 1. The highest BCUT2D eigenvalue weighted by molar-refractivity contribution is 6.44. The molecule has 6 nitrogen and oxygen atoms in total. The molecule has 168 valence electrons. The lowest BCUT2D eigenvalue weighted by molar-refractivity contribution is 0.146. The summed E-state index contributed by atoms with van der Waals surface area (Å²) in [5.74, 6) is 0. The molecule has 2 heterocycles. The average Bonchev–Trinajstić information content (AvgIpc) is 2.80. The summed E-state index contributed by atoms with van der Waals surface area (Å²) < 4.78 is 0. The molecule has 1 aliphatic heterocycles. The Morgan fingerprint density at radius 2 is 1.81 bits per heavy atom. The van der Waals surface area contributed by atoms with Crippen molar-refractivity contribution in [3.8, 4) is 11.3 Å². The average molecular weight is 472 g/mol. The third-order valence-corrected chi connectivity index (χ3v) is 7.10. The van der Waals surface area contributed by atoms with Crippen molar-refractivity contribution in [2.45, 2.75) is 31.8 Å². The van der Waals surface area contributed by atoms with Crippen LogP contribution in [0.15, 0.2) is 42.6 Å². The highest BCUT2D eigenvalue weighted by atomic mass is 35.5. The molecule has 1 aromatic heterocycles. The van der Waals surface area contributed by atoms with E-state index in [4.69, 9.17) is 23.2 Å². The van der Waals surface area contributed by atoms with Crippen molar-refractivity contribution >= 4 is 40.3 Å². The fourth-order valence-electron chi connectivity index (χ4n) is 4.10. The summed E-state index contributed by atoms with van der Waals surface area (Å²) in [6.45, 7) is 3.91. The van der Waals surface area contributed by atoms with Crippen molar-refractivity contribution in [2.24, 2.45) is 0 Å². The lowest BCUT2D eigenvalue weighted by Gasteiger charge is -2.35. The first-order valence-electron chi connectivity index (χ1n) is 10.8. The predicted octanol–water partition coefficient (Wildman–Crippen LogP) is 5.40. The zero-order valence-electron chi connectivity index (χ0n) is 18.5. The third-order valence-electron chi connectivity index (χ3n) is 6.20. The van der Waals surface area contributed by atoms with E-state index in [0.29, 0.717) is 21.3 Å². The van der Waals surface area contributed by atoms with Crippen LogP contribution in [0.3, 0.4) is 0 Å². The molecule has 0 aliphatic carbocycles. The second kappa shape index (κ2) is 9.61. The molecule has 1 fully saturated rings. The Bertz CT molecular complexity index is 1130. The van der Waals surface area contributed by atoms with Crippen LogP contribution < -0.4 is 5.32 Å². The maximum Gasteiger partial charge on any atom is 0.317 e. The second-order valence-corrected chi connectivity index (χ2v) is 9.15. The van der Waals surface area contributed by atoms with Crippen molar-refractivity contribution in [3.63, 3.8) is 0 Å². The van der Waals surface area contributed by atoms with Crippen LogP contribution in [0.4, 0.5) is 4.79 Å². The number of piperidine rings is 1. The minimum absolute atomic E-state index is 0.108. The van der Waals surface area contributed by atoms with Gasteiger partial charge in [0.15, 0.2) is 0 Å². The number of carbonyl (C=O) groups is 1. The lowest BCUT2D eigenvalue weighted by Crippen LogP contribution is -2.48. The molecule has 0 bridgehead atoms. The van der Waals surface area contributed by atoms with Crippen molar-refractivity contribution < 1.29 is 4.79 Å². The maximum atomic E-state index is 12.8. The van der Waals surface area contributed by atoms with Crippen LogP contribution >= 0.6 is 23.2 Å². The second-order valence-electron chi connectivity index (χ2n) is 8.39. The zero-order valence-corrected chi connectivity index (χ0v) is 20.0. The van der Waals surface area contributed by atoms with Gasteiger partial charge in [-0.2, -0.15) is 0 Å². The first-order chi connectivity index (χ1) is 15.3. The van der Waals surface area contributed by atoms with Gasteiger partial charge in [-0.25, -0.2) is 9.78 Å². The number of benzene rings is 2. The summed E-state index contributed by atoms with van der Waals surface area (Å²) in [5, 5.41) is 3.87. The Balaban J connectivity index is 1.51. The van der Waals surface area contributed by atoms with E-state index >= 15 is 0 Å². The van der Waals surface area contributed by atoms with Gasteiger partial charge in [0.05, 0.1) is 39.0 Å². The number of para-hydroxylation sites is 2. The quantitative estimate of drug-likeness (QED) is 0.553. The van der Waals surface area contributed by atoms with Gasteiger partial charge in [-0.3, -0.25) is 4.98 Å². The smallest absolute Gasteiger partial charge is 0.317 e. The molecule has 2 aromatic carbocycles. The molecule has 0 spiro atoms. The summed E-state index contributed by atoms with van der Waals surface area (Å²) >= 11 is 13.3. The van der Waals surface area contributed by atoms with Crippen LogP contribution in [-0.2, 0) is 0 Å². The highest BCUT2D eigenvalue weighted by Crippen LogP contribution is 2.37. The number of likely N-dealkylation sites (tertiary alicyclic amines) is 1. The molecular weight excluding hydrogens is 445 g/mol. The van der Waals surface area contributed by atoms with E-state index in [1.54, 1.807) is 11.1 Å². The number of urea groups is 1. The molecular formula is C24H27Cl2N5O. The Hall–Kier alpha value is -2.41. The normalized spacial score (nSPS) is 16.2. The standard InChI is InChI=1S/C24H27Cl2N5O/c1-15(28-24(32)31(3)16-10-12-30(2)13-11-16)17-8-9-18(23(26)22(17)25)21-14-27-19-6-4-5-7-20(19)29-21/h4-9,14-16H,10-13H2,1-3H3,(H,28,32). The number of fused-ring (bicyclic) bond motifs is 1. The van der Waals surface area contributed by atoms with Crippen LogP contribution in [0.2, 0.25) is 10.0 Å². The molecule has 1 aliphatic rings. The van der Waals surface area contributed by atoms with Crippen molar-refractivity contribution in [1.29, 1.82) is 0 Å². The van der Waals surface area contributed by atoms with E-state index in [0.717, 1.165) is 42.5 Å². The van der Waals surface area contributed by atoms with E-state index < -0.39 is 0 Å².